The van der Waals surface area contributed by atoms with E-state index in [4.69, 9.17) is 20.6 Å². The van der Waals surface area contributed by atoms with Gasteiger partial charge < -0.3 is 20.1 Å². The fraction of sp³-hybridized carbons (Fsp3) is 0.316. The predicted octanol–water partition coefficient (Wildman–Crippen LogP) is 1.26. The number of carbonyl (C=O) groups excluding carboxylic acids is 2. The highest BCUT2D eigenvalue weighted by atomic mass is 19.1. The molecule has 2 aromatic rings. The predicted molar refractivity (Wildman–Crippen MR) is 100 cm³/mol. The zero-order valence-corrected chi connectivity index (χ0v) is 15.7. The number of halogens is 1. The van der Waals surface area contributed by atoms with Crippen molar-refractivity contribution in [2.75, 3.05) is 13.1 Å². The van der Waals surface area contributed by atoms with E-state index in [1.165, 1.54) is 25.4 Å². The summed E-state index contributed by atoms with van der Waals surface area (Å²) in [6, 6.07) is 4.83. The maximum absolute atomic E-state index is 14.8. The molecule has 1 aromatic heterocycles. The number of amides is 1. The van der Waals surface area contributed by atoms with Gasteiger partial charge in [-0.15, -0.1) is 0 Å². The maximum Gasteiger partial charge on any atom is 0.316 e. The first kappa shape index (κ1) is 20.2. The van der Waals surface area contributed by atoms with E-state index in [1.807, 2.05) is 0 Å². The molecule has 1 amide bonds. The van der Waals surface area contributed by atoms with Crippen molar-refractivity contribution in [3.63, 3.8) is 0 Å². The van der Waals surface area contributed by atoms with E-state index >= 15 is 0 Å². The minimum atomic E-state index is -0.702. The van der Waals surface area contributed by atoms with Crippen LogP contribution >= 0.6 is 0 Å². The van der Waals surface area contributed by atoms with E-state index in [0.29, 0.717) is 18.7 Å². The van der Waals surface area contributed by atoms with Gasteiger partial charge >= 0.3 is 12.0 Å². The van der Waals surface area contributed by atoms with E-state index in [0.717, 1.165) is 0 Å². The van der Waals surface area contributed by atoms with Crippen molar-refractivity contribution in [3.8, 4) is 17.1 Å². The second-order valence-electron chi connectivity index (χ2n) is 6.56. The number of aromatic nitrogens is 2. The van der Waals surface area contributed by atoms with Crippen molar-refractivity contribution < 1.29 is 23.5 Å². The molecule has 1 aliphatic rings. The van der Waals surface area contributed by atoms with Crippen molar-refractivity contribution in [1.82, 2.24) is 14.9 Å². The van der Waals surface area contributed by atoms with Gasteiger partial charge in [-0.25, -0.2) is 14.4 Å². The van der Waals surface area contributed by atoms with Gasteiger partial charge in [-0.2, -0.15) is 0 Å². The number of amidine groups is 1. The normalized spacial score (nSPS) is 13.5. The Morgan fingerprint density at radius 2 is 2.00 bits per heavy atom. The van der Waals surface area contributed by atoms with Crippen LogP contribution in [0.1, 0.15) is 18.9 Å². The summed E-state index contributed by atoms with van der Waals surface area (Å²) >= 11 is 0. The second kappa shape index (κ2) is 8.63. The quantitative estimate of drug-likeness (QED) is 0.406. The number of carbonyl (C=O) groups is 2. The Balaban J connectivity index is 1.64. The minimum absolute atomic E-state index is 0.0107. The molecule has 1 fully saturated rings. The molecule has 3 rings (SSSR count). The van der Waals surface area contributed by atoms with Gasteiger partial charge in [0.05, 0.1) is 13.1 Å². The first-order valence-corrected chi connectivity index (χ1v) is 8.84. The smallest absolute Gasteiger partial charge is 0.316 e. The van der Waals surface area contributed by atoms with E-state index in [2.05, 4.69) is 9.97 Å². The van der Waals surface area contributed by atoms with Crippen LogP contribution in [0.15, 0.2) is 30.6 Å². The van der Waals surface area contributed by atoms with Crippen molar-refractivity contribution >= 4 is 17.7 Å². The van der Waals surface area contributed by atoms with Gasteiger partial charge in [0.15, 0.2) is 0 Å². The zero-order chi connectivity index (χ0) is 21.0. The molecular formula is C19H20FN5O4. The van der Waals surface area contributed by atoms with Gasteiger partial charge in [0.1, 0.15) is 30.8 Å². The molecule has 0 aliphatic carbocycles. The van der Waals surface area contributed by atoms with Crippen molar-refractivity contribution in [2.45, 2.75) is 26.1 Å². The fourth-order valence-corrected chi connectivity index (χ4v) is 2.71. The average molecular weight is 401 g/mol. The summed E-state index contributed by atoms with van der Waals surface area (Å²) in [6.45, 7) is 2.19. The molecular weight excluding hydrogens is 381 g/mol. The highest BCUT2D eigenvalue weighted by Crippen LogP contribution is 2.25. The van der Waals surface area contributed by atoms with Crippen LogP contribution in [0, 0.1) is 11.2 Å². The third-order valence-electron chi connectivity index (χ3n) is 4.31. The molecule has 3 N–H and O–H groups in total. The van der Waals surface area contributed by atoms with Gasteiger partial charge in [-0.05, 0) is 0 Å². The molecule has 0 atom stereocenters. The topological polar surface area (TPSA) is 131 Å². The molecule has 0 radical (unpaired) electrons. The van der Waals surface area contributed by atoms with Crippen LogP contribution in [0.2, 0.25) is 0 Å². The summed E-state index contributed by atoms with van der Waals surface area (Å²) in [4.78, 5) is 32.5. The van der Waals surface area contributed by atoms with Crippen LogP contribution in [-0.4, -0.2) is 51.8 Å². The van der Waals surface area contributed by atoms with Crippen LogP contribution in [0.3, 0.4) is 0 Å². The number of hydrogen-bond donors (Lipinski definition) is 2. The number of nitrogens with two attached hydrogens (primary N) is 1. The van der Waals surface area contributed by atoms with Gasteiger partial charge in [0.2, 0.25) is 5.91 Å². The van der Waals surface area contributed by atoms with Gasteiger partial charge in [0, 0.05) is 36.0 Å². The van der Waals surface area contributed by atoms with Crippen LogP contribution in [0.4, 0.5) is 4.39 Å². The lowest BCUT2D eigenvalue weighted by atomic mass is 10.1. The number of likely N-dealkylation sites (tertiary alicyclic amines) is 1. The first-order chi connectivity index (χ1) is 13.8. The third kappa shape index (κ3) is 5.03. The number of hydrogen-bond acceptors (Lipinski definition) is 7. The van der Waals surface area contributed by atoms with Crippen molar-refractivity contribution in [1.29, 1.82) is 5.41 Å². The summed E-state index contributed by atoms with van der Waals surface area (Å²) in [5.74, 6) is -1.59. The molecule has 1 aliphatic heterocycles. The summed E-state index contributed by atoms with van der Waals surface area (Å²) < 4.78 is 25.3. The average Bonchev–Trinajstić information content (AvgIpc) is 2.63. The second-order valence-corrected chi connectivity index (χ2v) is 6.56. The Bertz CT molecular complexity index is 929. The molecule has 9 nitrogen and oxygen atoms in total. The third-order valence-corrected chi connectivity index (χ3v) is 4.31. The lowest BCUT2D eigenvalue weighted by Crippen LogP contribution is -2.55. The fourth-order valence-electron chi connectivity index (χ4n) is 2.71. The molecule has 10 heteroatoms. The molecule has 1 saturated heterocycles. The van der Waals surface area contributed by atoms with E-state index in [9.17, 15) is 14.0 Å². The van der Waals surface area contributed by atoms with E-state index < -0.39 is 11.8 Å². The Kier molecular flexibility index (Phi) is 6.01. The highest BCUT2D eigenvalue weighted by Gasteiger charge is 2.30. The molecule has 1 aromatic carbocycles. The number of ether oxygens (including phenoxy) is 2. The van der Waals surface area contributed by atoms with Gasteiger partial charge in [-0.3, -0.25) is 15.0 Å². The molecule has 152 valence electrons. The number of benzene rings is 1. The Morgan fingerprint density at radius 1 is 1.31 bits per heavy atom. The van der Waals surface area contributed by atoms with Crippen LogP contribution in [0.25, 0.3) is 11.1 Å². The summed E-state index contributed by atoms with van der Waals surface area (Å²) in [7, 11) is 0. The molecule has 29 heavy (non-hydrogen) atoms. The SMILES string of the molecule is CC(=O)N1CC(Oc2ncc(-c3cccc(COC(=O)CC(=N)N)c3F)cn2)C1. The molecule has 0 unspecified atom stereocenters. The van der Waals surface area contributed by atoms with Crippen LogP contribution in [0.5, 0.6) is 6.01 Å². The monoisotopic (exact) mass is 401 g/mol. The zero-order valence-electron chi connectivity index (χ0n) is 15.7. The van der Waals surface area contributed by atoms with Crippen LogP contribution < -0.4 is 10.5 Å². The van der Waals surface area contributed by atoms with Crippen molar-refractivity contribution in [2.24, 2.45) is 5.73 Å². The molecule has 0 bridgehead atoms. The van der Waals surface area contributed by atoms with Crippen LogP contribution in [-0.2, 0) is 20.9 Å². The number of rotatable bonds is 7. The summed E-state index contributed by atoms with van der Waals surface area (Å²) in [5, 5.41) is 7.06. The first-order valence-electron chi connectivity index (χ1n) is 8.84. The van der Waals surface area contributed by atoms with Crippen molar-refractivity contribution in [3.05, 3.63) is 42.0 Å². The molecule has 2 heterocycles. The Morgan fingerprint density at radius 3 is 2.62 bits per heavy atom. The largest absolute Gasteiger partial charge is 0.460 e. The van der Waals surface area contributed by atoms with Gasteiger partial charge in [-0.1, -0.05) is 18.2 Å². The van der Waals surface area contributed by atoms with E-state index in [-0.39, 0.29) is 48.0 Å². The lowest BCUT2D eigenvalue weighted by Gasteiger charge is -2.37. The minimum Gasteiger partial charge on any atom is -0.460 e. The Hall–Kier alpha value is -3.56. The molecule has 0 saturated carbocycles. The number of esters is 1. The Labute approximate surface area is 166 Å². The van der Waals surface area contributed by atoms with Gasteiger partial charge in [0.25, 0.3) is 0 Å². The standard InChI is InChI=1S/C19H20FN5O4/c1-11(26)25-8-14(9-25)29-19-23-6-13(7-24-19)15-4-2-3-12(18(15)20)10-28-17(27)5-16(21)22/h2-4,6-7,14H,5,8-10H2,1H3,(H3,21,22). The summed E-state index contributed by atoms with van der Waals surface area (Å²) in [6.07, 6.45) is 2.37. The number of nitrogens with zero attached hydrogens (tertiary/aromatic N) is 3. The lowest BCUT2D eigenvalue weighted by molar-refractivity contribution is -0.143. The number of nitrogens with one attached hydrogen (secondary N) is 1. The maximum atomic E-state index is 14.8. The van der Waals surface area contributed by atoms with E-state index in [1.54, 1.807) is 17.0 Å². The molecule has 0 spiro atoms. The highest BCUT2D eigenvalue weighted by molar-refractivity contribution is 5.94. The summed E-state index contributed by atoms with van der Waals surface area (Å²) in [5.41, 5.74) is 6.00.